The van der Waals surface area contributed by atoms with Crippen molar-refractivity contribution in [2.24, 2.45) is 0 Å². The summed E-state index contributed by atoms with van der Waals surface area (Å²) in [5.74, 6) is 0.134. The van der Waals surface area contributed by atoms with Gasteiger partial charge in [-0.2, -0.15) is 0 Å². The maximum absolute atomic E-state index is 12.3. The Bertz CT molecular complexity index is 341. The van der Waals surface area contributed by atoms with Crippen molar-refractivity contribution in [3.05, 3.63) is 0 Å². The van der Waals surface area contributed by atoms with Crippen molar-refractivity contribution in [3.63, 3.8) is 0 Å². The van der Waals surface area contributed by atoms with Crippen LogP contribution >= 0.6 is 0 Å². The molecule has 0 aromatic rings. The topological polar surface area (TPSA) is 55.8 Å². The van der Waals surface area contributed by atoms with Crippen LogP contribution in [0, 0.1) is 0 Å². The number of aliphatic hydroxyl groups is 1. The van der Waals surface area contributed by atoms with Gasteiger partial charge in [0.15, 0.2) is 0 Å². The van der Waals surface area contributed by atoms with Crippen LogP contribution < -0.4 is 5.32 Å². The summed E-state index contributed by atoms with van der Waals surface area (Å²) in [5.41, 5.74) is -1.26. The van der Waals surface area contributed by atoms with Gasteiger partial charge in [-0.25, -0.2) is 0 Å². The molecule has 2 rings (SSSR count). The van der Waals surface area contributed by atoms with Gasteiger partial charge in [-0.05, 0) is 33.7 Å². The van der Waals surface area contributed by atoms with Crippen LogP contribution in [0.1, 0.15) is 27.2 Å². The zero-order valence-corrected chi connectivity index (χ0v) is 11.9. The van der Waals surface area contributed by atoms with Gasteiger partial charge < -0.3 is 15.3 Å². The van der Waals surface area contributed by atoms with Gasteiger partial charge in [-0.15, -0.1) is 0 Å². The van der Waals surface area contributed by atoms with Crippen LogP contribution in [0.3, 0.4) is 0 Å². The molecule has 5 heteroatoms. The summed E-state index contributed by atoms with van der Waals surface area (Å²) in [4.78, 5) is 16.2. The molecule has 0 aromatic heterocycles. The highest BCUT2D eigenvalue weighted by atomic mass is 16.3. The minimum atomic E-state index is -0.724. The smallest absolute Gasteiger partial charge is 0.242 e. The summed E-state index contributed by atoms with van der Waals surface area (Å²) >= 11 is 0. The predicted molar refractivity (Wildman–Crippen MR) is 70.3 cm³/mol. The summed E-state index contributed by atoms with van der Waals surface area (Å²) in [7, 11) is 1.85. The normalized spacial score (nSPS) is 37.9. The summed E-state index contributed by atoms with van der Waals surface area (Å²) < 4.78 is 0. The zero-order valence-electron chi connectivity index (χ0n) is 11.9. The Morgan fingerprint density at radius 2 is 2.00 bits per heavy atom. The van der Waals surface area contributed by atoms with Crippen LogP contribution in [0.25, 0.3) is 0 Å². The number of likely N-dealkylation sites (N-methyl/N-ethyl adjacent to an activating group) is 1. The summed E-state index contributed by atoms with van der Waals surface area (Å²) in [5, 5.41) is 13.9. The highest BCUT2D eigenvalue weighted by molar-refractivity contribution is 5.86. The average molecular weight is 255 g/mol. The number of nitrogens with zero attached hydrogens (tertiary/aromatic N) is 2. The number of amides is 1. The molecule has 0 saturated carbocycles. The molecule has 0 spiro atoms. The van der Waals surface area contributed by atoms with E-state index in [1.54, 1.807) is 4.90 Å². The average Bonchev–Trinajstić information content (AvgIpc) is 2.27. The Hall–Kier alpha value is -0.650. The lowest BCUT2D eigenvalue weighted by Gasteiger charge is -2.53. The van der Waals surface area contributed by atoms with Gasteiger partial charge in [-0.1, -0.05) is 0 Å². The van der Waals surface area contributed by atoms with Crippen LogP contribution in [0.5, 0.6) is 0 Å². The molecule has 2 N–H and O–H groups in total. The van der Waals surface area contributed by atoms with Crippen LogP contribution in [0.15, 0.2) is 0 Å². The quantitative estimate of drug-likeness (QED) is 0.672. The van der Waals surface area contributed by atoms with Gasteiger partial charge in [0.1, 0.15) is 0 Å². The van der Waals surface area contributed by atoms with Crippen molar-refractivity contribution >= 4 is 5.91 Å². The number of hydrogen-bond donors (Lipinski definition) is 2. The van der Waals surface area contributed by atoms with Gasteiger partial charge in [0.2, 0.25) is 5.91 Å². The third-order valence-corrected chi connectivity index (χ3v) is 4.50. The Labute approximate surface area is 109 Å². The summed E-state index contributed by atoms with van der Waals surface area (Å²) in [6.07, 6.45) is 0.730. The van der Waals surface area contributed by atoms with E-state index >= 15 is 0 Å². The van der Waals surface area contributed by atoms with E-state index in [1.165, 1.54) is 0 Å². The Morgan fingerprint density at radius 3 is 2.61 bits per heavy atom. The fourth-order valence-corrected chi connectivity index (χ4v) is 3.19. The molecule has 18 heavy (non-hydrogen) atoms. The van der Waals surface area contributed by atoms with E-state index in [-0.39, 0.29) is 11.9 Å². The molecule has 2 fully saturated rings. The minimum absolute atomic E-state index is 0.00102. The Balaban J connectivity index is 2.24. The standard InChI is InChI=1S/C13H25N3O2/c1-12(2)11(17)15(4)7-8-16(12)10-9-14-6-5-13(10,3)18/h10,14,18H,5-9H2,1-4H3. The first-order chi connectivity index (χ1) is 8.27. The molecule has 0 bridgehead atoms. The van der Waals surface area contributed by atoms with E-state index in [0.717, 1.165) is 32.6 Å². The minimum Gasteiger partial charge on any atom is -0.388 e. The number of piperidine rings is 1. The number of carbonyl (C=O) groups is 1. The molecule has 2 heterocycles. The van der Waals surface area contributed by atoms with Crippen LogP contribution in [0.4, 0.5) is 0 Å². The van der Waals surface area contributed by atoms with Crippen LogP contribution in [-0.2, 0) is 4.79 Å². The molecule has 2 aliphatic rings. The number of carbonyl (C=O) groups excluding carboxylic acids is 1. The van der Waals surface area contributed by atoms with Crippen molar-refractivity contribution in [1.82, 2.24) is 15.1 Å². The Morgan fingerprint density at radius 1 is 1.33 bits per heavy atom. The maximum Gasteiger partial charge on any atom is 0.242 e. The lowest BCUT2D eigenvalue weighted by molar-refractivity contribution is -0.158. The first-order valence-corrected chi connectivity index (χ1v) is 6.72. The predicted octanol–water partition coefficient (Wildman–Crippen LogP) is -0.348. The zero-order chi connectivity index (χ0) is 13.6. The van der Waals surface area contributed by atoms with Gasteiger partial charge in [0.25, 0.3) is 0 Å². The SMILES string of the molecule is CN1CCN(C2CNCCC2(C)O)C(C)(C)C1=O. The molecular weight excluding hydrogens is 230 g/mol. The van der Waals surface area contributed by atoms with Crippen molar-refractivity contribution in [3.8, 4) is 0 Å². The third-order valence-electron chi connectivity index (χ3n) is 4.50. The van der Waals surface area contributed by atoms with E-state index in [9.17, 15) is 9.90 Å². The third kappa shape index (κ3) is 2.15. The molecule has 104 valence electrons. The molecule has 2 atom stereocenters. The molecular formula is C13H25N3O2. The second-order valence-corrected chi connectivity index (χ2v) is 6.31. The molecule has 0 aromatic carbocycles. The first kappa shape index (κ1) is 13.8. The van der Waals surface area contributed by atoms with Crippen molar-refractivity contribution in [2.75, 3.05) is 33.2 Å². The second-order valence-electron chi connectivity index (χ2n) is 6.31. The van der Waals surface area contributed by atoms with Gasteiger partial charge in [0, 0.05) is 26.7 Å². The summed E-state index contributed by atoms with van der Waals surface area (Å²) in [6, 6.07) is -0.00102. The molecule has 0 aliphatic carbocycles. The largest absolute Gasteiger partial charge is 0.388 e. The maximum atomic E-state index is 12.3. The highest BCUT2D eigenvalue weighted by Crippen LogP contribution is 2.31. The molecule has 2 unspecified atom stereocenters. The molecule has 5 nitrogen and oxygen atoms in total. The molecule has 1 amide bonds. The van der Waals surface area contributed by atoms with Crippen molar-refractivity contribution < 1.29 is 9.90 Å². The van der Waals surface area contributed by atoms with Crippen molar-refractivity contribution in [2.45, 2.75) is 44.4 Å². The molecule has 0 radical (unpaired) electrons. The highest BCUT2D eigenvalue weighted by Gasteiger charge is 2.49. The van der Waals surface area contributed by atoms with E-state index in [1.807, 2.05) is 27.8 Å². The Kier molecular flexibility index (Phi) is 3.42. The van der Waals surface area contributed by atoms with Gasteiger partial charge in [-0.3, -0.25) is 9.69 Å². The van der Waals surface area contributed by atoms with Crippen molar-refractivity contribution in [1.29, 1.82) is 0 Å². The fourth-order valence-electron chi connectivity index (χ4n) is 3.19. The van der Waals surface area contributed by atoms with Gasteiger partial charge >= 0.3 is 0 Å². The number of rotatable bonds is 1. The van der Waals surface area contributed by atoms with E-state index < -0.39 is 11.1 Å². The lowest BCUT2D eigenvalue weighted by Crippen LogP contribution is -2.71. The second kappa shape index (κ2) is 4.47. The number of hydrogen-bond acceptors (Lipinski definition) is 4. The van der Waals surface area contributed by atoms with E-state index in [4.69, 9.17) is 0 Å². The fraction of sp³-hybridized carbons (Fsp3) is 0.923. The molecule has 2 saturated heterocycles. The first-order valence-electron chi connectivity index (χ1n) is 6.72. The van der Waals surface area contributed by atoms with Crippen LogP contribution in [-0.4, -0.2) is 71.2 Å². The molecule has 2 aliphatic heterocycles. The summed E-state index contributed by atoms with van der Waals surface area (Å²) in [6.45, 7) is 8.92. The van der Waals surface area contributed by atoms with Gasteiger partial charge in [0.05, 0.1) is 17.2 Å². The van der Waals surface area contributed by atoms with Crippen LogP contribution in [0.2, 0.25) is 0 Å². The number of piperazine rings is 1. The lowest BCUT2D eigenvalue weighted by atomic mass is 9.84. The van der Waals surface area contributed by atoms with E-state index in [0.29, 0.717) is 0 Å². The van der Waals surface area contributed by atoms with E-state index in [2.05, 4.69) is 10.2 Å². The monoisotopic (exact) mass is 255 g/mol. The number of nitrogens with one attached hydrogen (secondary N) is 1.